The number of aromatic nitrogens is 2. The van der Waals surface area contributed by atoms with E-state index in [4.69, 9.17) is 10.00 Å². The second-order valence-electron chi connectivity index (χ2n) is 3.43. The molecule has 5 heteroatoms. The van der Waals surface area contributed by atoms with Crippen LogP contribution in [0.2, 0.25) is 0 Å². The third-order valence-electron chi connectivity index (χ3n) is 2.02. The van der Waals surface area contributed by atoms with Gasteiger partial charge in [-0.3, -0.25) is 0 Å². The Kier molecular flexibility index (Phi) is 2.88. The summed E-state index contributed by atoms with van der Waals surface area (Å²) in [7, 11) is 0. The van der Waals surface area contributed by atoms with E-state index in [1.54, 1.807) is 12.1 Å². The van der Waals surface area contributed by atoms with Gasteiger partial charge in [0.05, 0.1) is 0 Å². The summed E-state index contributed by atoms with van der Waals surface area (Å²) in [6, 6.07) is 6.67. The van der Waals surface area contributed by atoms with Crippen LogP contribution in [0.1, 0.15) is 11.3 Å². The van der Waals surface area contributed by atoms with Crippen molar-refractivity contribution >= 4 is 0 Å². The Morgan fingerprint density at radius 3 is 2.71 bits per heavy atom. The van der Waals surface area contributed by atoms with Crippen molar-refractivity contribution in [1.29, 1.82) is 5.26 Å². The van der Waals surface area contributed by atoms with E-state index in [1.165, 1.54) is 18.5 Å². The van der Waals surface area contributed by atoms with Crippen LogP contribution in [0.4, 0.5) is 0 Å². The molecule has 0 spiro atoms. The molecule has 0 fully saturated rings. The van der Waals surface area contributed by atoms with Gasteiger partial charge in [0.1, 0.15) is 17.6 Å². The van der Waals surface area contributed by atoms with Crippen LogP contribution in [-0.4, -0.2) is 15.1 Å². The van der Waals surface area contributed by atoms with Gasteiger partial charge in [-0.2, -0.15) is 5.26 Å². The first-order valence-electron chi connectivity index (χ1n) is 4.88. The summed E-state index contributed by atoms with van der Waals surface area (Å²) in [6.07, 6.45) is 2.85. The molecule has 1 heterocycles. The van der Waals surface area contributed by atoms with E-state index in [0.29, 0.717) is 5.75 Å². The van der Waals surface area contributed by atoms with Crippen molar-refractivity contribution in [3.8, 4) is 23.4 Å². The van der Waals surface area contributed by atoms with Gasteiger partial charge < -0.3 is 9.84 Å². The van der Waals surface area contributed by atoms with E-state index in [2.05, 4.69) is 9.97 Å². The first-order chi connectivity index (χ1) is 8.19. The van der Waals surface area contributed by atoms with Crippen molar-refractivity contribution in [1.82, 2.24) is 9.97 Å². The van der Waals surface area contributed by atoms with Gasteiger partial charge in [-0.25, -0.2) is 9.97 Å². The van der Waals surface area contributed by atoms with E-state index in [0.717, 1.165) is 5.56 Å². The number of aromatic hydroxyl groups is 1. The van der Waals surface area contributed by atoms with Crippen LogP contribution in [0.3, 0.4) is 0 Å². The topological polar surface area (TPSA) is 79.0 Å². The predicted molar refractivity (Wildman–Crippen MR) is 59.7 cm³/mol. The third kappa shape index (κ3) is 2.49. The van der Waals surface area contributed by atoms with Crippen LogP contribution in [0.5, 0.6) is 17.4 Å². The summed E-state index contributed by atoms with van der Waals surface area (Å²) in [5.41, 5.74) is 0.955. The van der Waals surface area contributed by atoms with E-state index in [1.807, 2.05) is 13.0 Å². The zero-order valence-corrected chi connectivity index (χ0v) is 9.08. The molecule has 0 bridgehead atoms. The normalized spacial score (nSPS) is 9.65. The van der Waals surface area contributed by atoms with Gasteiger partial charge in [-0.1, -0.05) is 0 Å². The van der Waals surface area contributed by atoms with Crippen molar-refractivity contribution in [2.45, 2.75) is 6.92 Å². The van der Waals surface area contributed by atoms with Crippen molar-refractivity contribution in [3.63, 3.8) is 0 Å². The maximum Gasteiger partial charge on any atom is 0.256 e. The minimum atomic E-state index is 0.0994. The number of rotatable bonds is 2. The highest BCUT2D eigenvalue weighted by atomic mass is 16.5. The van der Waals surface area contributed by atoms with Gasteiger partial charge in [0.15, 0.2) is 0 Å². The fourth-order valence-corrected chi connectivity index (χ4v) is 1.38. The Bertz CT molecular complexity index is 570. The molecule has 2 rings (SSSR count). The molecule has 0 aliphatic carbocycles. The van der Waals surface area contributed by atoms with E-state index >= 15 is 0 Å². The molecule has 5 nitrogen and oxygen atoms in total. The molecule has 1 aromatic carbocycles. The minimum Gasteiger partial charge on any atom is -0.508 e. The highest BCUT2D eigenvalue weighted by Crippen LogP contribution is 2.26. The standard InChI is InChI=1S/C12H9N3O2/c1-8-4-9(16)6-10(5-8)17-12-11(7-13)14-2-3-15-12/h2-6,16H,1H3. The number of nitriles is 1. The molecule has 0 unspecified atom stereocenters. The zero-order valence-electron chi connectivity index (χ0n) is 9.08. The second kappa shape index (κ2) is 4.49. The molecule has 0 amide bonds. The number of aryl methyl sites for hydroxylation is 1. The summed E-state index contributed by atoms with van der Waals surface area (Å²) in [5.74, 6) is 0.641. The average molecular weight is 227 g/mol. The molecular formula is C12H9N3O2. The monoisotopic (exact) mass is 227 g/mol. The summed E-state index contributed by atoms with van der Waals surface area (Å²) in [5, 5.41) is 18.2. The molecule has 17 heavy (non-hydrogen) atoms. The number of nitrogens with zero attached hydrogens (tertiary/aromatic N) is 3. The van der Waals surface area contributed by atoms with Crippen LogP contribution < -0.4 is 4.74 Å². The molecule has 0 aliphatic heterocycles. The van der Waals surface area contributed by atoms with Gasteiger partial charge in [-0.05, 0) is 24.6 Å². The summed E-state index contributed by atoms with van der Waals surface area (Å²) in [6.45, 7) is 1.83. The Hall–Kier alpha value is -2.61. The number of phenols is 1. The SMILES string of the molecule is Cc1cc(O)cc(Oc2nccnc2C#N)c1. The van der Waals surface area contributed by atoms with Crippen LogP contribution >= 0.6 is 0 Å². The van der Waals surface area contributed by atoms with Crippen LogP contribution in [0.15, 0.2) is 30.6 Å². The van der Waals surface area contributed by atoms with E-state index in [9.17, 15) is 5.11 Å². The number of ether oxygens (including phenoxy) is 1. The number of phenolic OH excluding ortho intramolecular Hbond substituents is 1. The zero-order chi connectivity index (χ0) is 12.3. The fourth-order valence-electron chi connectivity index (χ4n) is 1.38. The second-order valence-corrected chi connectivity index (χ2v) is 3.43. The van der Waals surface area contributed by atoms with Crippen LogP contribution in [-0.2, 0) is 0 Å². The molecular weight excluding hydrogens is 218 g/mol. The Morgan fingerprint density at radius 1 is 1.24 bits per heavy atom. The Morgan fingerprint density at radius 2 is 2.00 bits per heavy atom. The lowest BCUT2D eigenvalue weighted by molar-refractivity contribution is 0.442. The van der Waals surface area contributed by atoms with Gasteiger partial charge in [0, 0.05) is 18.5 Å². The van der Waals surface area contributed by atoms with Crippen molar-refractivity contribution in [3.05, 3.63) is 41.9 Å². The smallest absolute Gasteiger partial charge is 0.256 e. The van der Waals surface area contributed by atoms with Crippen molar-refractivity contribution in [2.75, 3.05) is 0 Å². The summed E-state index contributed by atoms with van der Waals surface area (Å²) in [4.78, 5) is 7.74. The van der Waals surface area contributed by atoms with Gasteiger partial charge in [0.2, 0.25) is 5.69 Å². The third-order valence-corrected chi connectivity index (χ3v) is 2.02. The Balaban J connectivity index is 2.35. The molecule has 1 aromatic heterocycles. The largest absolute Gasteiger partial charge is 0.508 e. The van der Waals surface area contributed by atoms with Gasteiger partial charge >= 0.3 is 0 Å². The highest BCUT2D eigenvalue weighted by molar-refractivity contribution is 5.40. The molecule has 0 aliphatic rings. The molecule has 0 atom stereocenters. The average Bonchev–Trinajstić information content (AvgIpc) is 2.28. The Labute approximate surface area is 98.0 Å². The summed E-state index contributed by atoms with van der Waals surface area (Å²) < 4.78 is 5.41. The first-order valence-corrected chi connectivity index (χ1v) is 4.88. The number of hydrogen-bond acceptors (Lipinski definition) is 5. The van der Waals surface area contributed by atoms with Crippen molar-refractivity contribution in [2.24, 2.45) is 0 Å². The molecule has 0 saturated heterocycles. The van der Waals surface area contributed by atoms with E-state index in [-0.39, 0.29) is 17.3 Å². The maximum absolute atomic E-state index is 9.42. The quantitative estimate of drug-likeness (QED) is 0.850. The fraction of sp³-hybridized carbons (Fsp3) is 0.0833. The van der Waals surface area contributed by atoms with E-state index < -0.39 is 0 Å². The lowest BCUT2D eigenvalue weighted by Gasteiger charge is -2.06. The number of hydrogen-bond donors (Lipinski definition) is 1. The van der Waals surface area contributed by atoms with Crippen molar-refractivity contribution < 1.29 is 9.84 Å². The first kappa shape index (κ1) is 10.9. The molecule has 84 valence electrons. The predicted octanol–water partition coefficient (Wildman–Crippen LogP) is 2.15. The van der Waals surface area contributed by atoms with Gasteiger partial charge in [0.25, 0.3) is 5.88 Å². The number of benzene rings is 1. The van der Waals surface area contributed by atoms with Crippen LogP contribution in [0.25, 0.3) is 0 Å². The lowest BCUT2D eigenvalue weighted by atomic mass is 10.2. The molecule has 2 aromatic rings. The lowest BCUT2D eigenvalue weighted by Crippen LogP contribution is -1.94. The molecule has 1 N–H and O–H groups in total. The van der Waals surface area contributed by atoms with Crippen LogP contribution in [0, 0.1) is 18.3 Å². The summed E-state index contributed by atoms with van der Waals surface area (Å²) >= 11 is 0. The highest BCUT2D eigenvalue weighted by Gasteiger charge is 2.07. The minimum absolute atomic E-state index is 0.0994. The molecule has 0 radical (unpaired) electrons. The van der Waals surface area contributed by atoms with Gasteiger partial charge in [-0.15, -0.1) is 0 Å². The maximum atomic E-state index is 9.42. The molecule has 0 saturated carbocycles.